The van der Waals surface area contributed by atoms with E-state index in [1.54, 1.807) is 15.9 Å². The van der Waals surface area contributed by atoms with Crippen molar-refractivity contribution in [3.8, 4) is 0 Å². The highest BCUT2D eigenvalue weighted by molar-refractivity contribution is 5.96. The molecule has 124 valence electrons. The van der Waals surface area contributed by atoms with E-state index in [1.165, 1.54) is 6.08 Å². The second-order valence-electron chi connectivity index (χ2n) is 5.76. The Balaban J connectivity index is 2.11. The molecule has 0 saturated carbocycles. The Kier molecular flexibility index (Phi) is 5.93. The first-order valence-electron chi connectivity index (χ1n) is 8.14. The predicted octanol–water partition coefficient (Wildman–Crippen LogP) is 1.50. The van der Waals surface area contributed by atoms with Crippen LogP contribution in [-0.4, -0.2) is 53.3 Å². The summed E-state index contributed by atoms with van der Waals surface area (Å²) in [4.78, 5) is 28.4. The number of amides is 2. The molecule has 1 aliphatic rings. The summed E-state index contributed by atoms with van der Waals surface area (Å²) in [6.07, 6.45) is 3.82. The van der Waals surface area contributed by atoms with Crippen LogP contribution in [0, 0.1) is 0 Å². The van der Waals surface area contributed by atoms with E-state index in [1.807, 2.05) is 44.2 Å². The largest absolute Gasteiger partial charge is 0.341 e. The molecule has 2 N–H and O–H groups in total. The standard InChI is InChI=1S/C18H25N3O2/c1-3-20(4-2)18(23)16-12-15(19)13-21(16)17(22)11-10-14-8-6-5-7-9-14/h5-11,15-16H,3-4,12-13,19H2,1-2H3/b11-10+/t15-,16+/m1/s1. The number of hydrogen-bond donors (Lipinski definition) is 1. The Morgan fingerprint density at radius 1 is 1.26 bits per heavy atom. The molecule has 2 amide bonds. The average molecular weight is 315 g/mol. The number of carbonyl (C=O) groups excluding carboxylic acids is 2. The quantitative estimate of drug-likeness (QED) is 0.837. The summed E-state index contributed by atoms with van der Waals surface area (Å²) in [5, 5.41) is 0. The van der Waals surface area contributed by atoms with Crippen LogP contribution in [0.2, 0.25) is 0 Å². The second-order valence-corrected chi connectivity index (χ2v) is 5.76. The van der Waals surface area contributed by atoms with Crippen molar-refractivity contribution in [2.75, 3.05) is 19.6 Å². The van der Waals surface area contributed by atoms with Crippen LogP contribution in [0.25, 0.3) is 6.08 Å². The Bertz CT molecular complexity index is 567. The van der Waals surface area contributed by atoms with Crippen molar-refractivity contribution in [2.24, 2.45) is 5.73 Å². The fraction of sp³-hybridized carbons (Fsp3) is 0.444. The monoisotopic (exact) mass is 315 g/mol. The first kappa shape index (κ1) is 17.2. The fourth-order valence-corrected chi connectivity index (χ4v) is 2.92. The number of benzene rings is 1. The maximum absolute atomic E-state index is 12.6. The molecule has 1 saturated heterocycles. The van der Waals surface area contributed by atoms with E-state index in [0.29, 0.717) is 26.1 Å². The van der Waals surface area contributed by atoms with Gasteiger partial charge in [-0.1, -0.05) is 30.3 Å². The van der Waals surface area contributed by atoms with E-state index in [4.69, 9.17) is 5.73 Å². The van der Waals surface area contributed by atoms with Gasteiger partial charge in [0.2, 0.25) is 11.8 Å². The van der Waals surface area contributed by atoms with Gasteiger partial charge in [0.15, 0.2) is 0 Å². The van der Waals surface area contributed by atoms with Gasteiger partial charge >= 0.3 is 0 Å². The summed E-state index contributed by atoms with van der Waals surface area (Å²) in [6.45, 7) is 5.59. The lowest BCUT2D eigenvalue weighted by Gasteiger charge is -2.28. The maximum Gasteiger partial charge on any atom is 0.247 e. The minimum absolute atomic E-state index is 0.00980. The molecule has 2 atom stereocenters. The highest BCUT2D eigenvalue weighted by atomic mass is 16.2. The minimum atomic E-state index is -0.446. The lowest BCUT2D eigenvalue weighted by atomic mass is 10.1. The third kappa shape index (κ3) is 4.20. The number of hydrogen-bond acceptors (Lipinski definition) is 3. The maximum atomic E-state index is 12.6. The van der Waals surface area contributed by atoms with Gasteiger partial charge in [-0.05, 0) is 31.9 Å². The summed E-state index contributed by atoms with van der Waals surface area (Å²) in [5.74, 6) is -0.170. The van der Waals surface area contributed by atoms with E-state index >= 15 is 0 Å². The molecule has 0 aromatic heterocycles. The molecule has 0 aliphatic carbocycles. The Morgan fingerprint density at radius 2 is 1.91 bits per heavy atom. The molecule has 0 unspecified atom stereocenters. The summed E-state index contributed by atoms with van der Waals surface area (Å²) in [5.41, 5.74) is 6.95. The van der Waals surface area contributed by atoms with E-state index in [-0.39, 0.29) is 17.9 Å². The molecule has 5 nitrogen and oxygen atoms in total. The van der Waals surface area contributed by atoms with E-state index in [9.17, 15) is 9.59 Å². The van der Waals surface area contributed by atoms with Crippen molar-refractivity contribution in [3.63, 3.8) is 0 Å². The van der Waals surface area contributed by atoms with Crippen molar-refractivity contribution in [2.45, 2.75) is 32.4 Å². The summed E-state index contributed by atoms with van der Waals surface area (Å²) in [6, 6.07) is 9.03. The Labute approximate surface area is 137 Å². The van der Waals surface area contributed by atoms with Crippen molar-refractivity contribution < 1.29 is 9.59 Å². The number of carbonyl (C=O) groups is 2. The fourth-order valence-electron chi connectivity index (χ4n) is 2.92. The van der Waals surface area contributed by atoms with Crippen LogP contribution in [0.1, 0.15) is 25.8 Å². The zero-order valence-electron chi connectivity index (χ0n) is 13.8. The molecule has 2 rings (SSSR count). The second kappa shape index (κ2) is 7.92. The number of rotatable bonds is 5. The molecular weight excluding hydrogens is 290 g/mol. The van der Waals surface area contributed by atoms with Gasteiger partial charge in [-0.2, -0.15) is 0 Å². The van der Waals surface area contributed by atoms with E-state index < -0.39 is 6.04 Å². The first-order valence-corrected chi connectivity index (χ1v) is 8.14. The summed E-state index contributed by atoms with van der Waals surface area (Å²) >= 11 is 0. The van der Waals surface area contributed by atoms with Crippen LogP contribution in [0.5, 0.6) is 0 Å². The topological polar surface area (TPSA) is 66.6 Å². The molecule has 0 spiro atoms. The van der Waals surface area contributed by atoms with Crippen molar-refractivity contribution >= 4 is 17.9 Å². The van der Waals surface area contributed by atoms with Gasteiger partial charge in [0.1, 0.15) is 6.04 Å². The van der Waals surface area contributed by atoms with Gasteiger partial charge in [0.25, 0.3) is 0 Å². The van der Waals surface area contributed by atoms with Crippen LogP contribution in [-0.2, 0) is 9.59 Å². The zero-order valence-corrected chi connectivity index (χ0v) is 13.8. The van der Waals surface area contributed by atoms with Crippen molar-refractivity contribution in [3.05, 3.63) is 42.0 Å². The molecule has 23 heavy (non-hydrogen) atoms. The molecule has 0 bridgehead atoms. The van der Waals surface area contributed by atoms with Crippen molar-refractivity contribution in [1.82, 2.24) is 9.80 Å². The van der Waals surface area contributed by atoms with Gasteiger partial charge in [-0.15, -0.1) is 0 Å². The average Bonchev–Trinajstić information content (AvgIpc) is 2.96. The number of likely N-dealkylation sites (tertiary alicyclic amines) is 1. The molecular formula is C18H25N3O2. The van der Waals surface area contributed by atoms with Crippen LogP contribution in [0.3, 0.4) is 0 Å². The van der Waals surface area contributed by atoms with Crippen LogP contribution in [0.4, 0.5) is 0 Å². The lowest BCUT2D eigenvalue weighted by Crippen LogP contribution is -2.47. The molecule has 1 aliphatic heterocycles. The van der Waals surface area contributed by atoms with Crippen LogP contribution < -0.4 is 5.73 Å². The van der Waals surface area contributed by atoms with E-state index in [2.05, 4.69) is 0 Å². The molecule has 5 heteroatoms. The molecule has 1 fully saturated rings. The molecule has 0 radical (unpaired) electrons. The van der Waals surface area contributed by atoms with Crippen LogP contribution in [0.15, 0.2) is 36.4 Å². The van der Waals surface area contributed by atoms with Gasteiger partial charge in [0, 0.05) is 31.8 Å². The van der Waals surface area contributed by atoms with Gasteiger partial charge < -0.3 is 15.5 Å². The third-order valence-electron chi connectivity index (χ3n) is 4.19. The number of likely N-dealkylation sites (N-methyl/N-ethyl adjacent to an activating group) is 1. The zero-order chi connectivity index (χ0) is 16.8. The first-order chi connectivity index (χ1) is 11.1. The highest BCUT2D eigenvalue weighted by Crippen LogP contribution is 2.20. The number of nitrogens with zero attached hydrogens (tertiary/aromatic N) is 2. The van der Waals surface area contributed by atoms with Gasteiger partial charge in [-0.25, -0.2) is 0 Å². The lowest BCUT2D eigenvalue weighted by molar-refractivity contribution is -0.141. The molecule has 1 aromatic rings. The van der Waals surface area contributed by atoms with E-state index in [0.717, 1.165) is 5.56 Å². The normalized spacial score (nSPS) is 20.9. The van der Waals surface area contributed by atoms with Gasteiger partial charge in [0.05, 0.1) is 0 Å². The highest BCUT2D eigenvalue weighted by Gasteiger charge is 2.38. The predicted molar refractivity (Wildman–Crippen MR) is 91.5 cm³/mol. The minimum Gasteiger partial charge on any atom is -0.341 e. The Hall–Kier alpha value is -2.14. The molecule has 1 aromatic carbocycles. The SMILES string of the molecule is CCN(CC)C(=O)[C@@H]1C[C@@H](N)CN1C(=O)/C=C/c1ccccc1. The third-order valence-corrected chi connectivity index (χ3v) is 4.19. The van der Waals surface area contributed by atoms with Crippen LogP contribution >= 0.6 is 0 Å². The summed E-state index contributed by atoms with van der Waals surface area (Å²) < 4.78 is 0. The van der Waals surface area contributed by atoms with Gasteiger partial charge in [-0.3, -0.25) is 9.59 Å². The number of nitrogens with two attached hydrogens (primary N) is 1. The van der Waals surface area contributed by atoms with Crippen molar-refractivity contribution in [1.29, 1.82) is 0 Å². The Morgan fingerprint density at radius 3 is 2.52 bits per heavy atom. The smallest absolute Gasteiger partial charge is 0.247 e. The summed E-state index contributed by atoms with van der Waals surface area (Å²) in [7, 11) is 0. The molecule has 1 heterocycles.